The van der Waals surface area contributed by atoms with Crippen molar-refractivity contribution in [3.05, 3.63) is 78.4 Å². The van der Waals surface area contributed by atoms with Crippen LogP contribution >= 0.6 is 0 Å². The Labute approximate surface area is 180 Å². The van der Waals surface area contributed by atoms with Gasteiger partial charge in [-0.25, -0.2) is 17.7 Å². The molecule has 0 fully saturated rings. The van der Waals surface area contributed by atoms with Crippen molar-refractivity contribution in [3.63, 3.8) is 0 Å². The number of sulfonamides is 1. The minimum atomic E-state index is -3.60. The van der Waals surface area contributed by atoms with E-state index in [2.05, 4.69) is 10.3 Å². The Kier molecular flexibility index (Phi) is 5.58. The molecule has 4 aromatic rings. The van der Waals surface area contributed by atoms with Crippen molar-refractivity contribution in [2.75, 3.05) is 26.0 Å². The van der Waals surface area contributed by atoms with E-state index < -0.39 is 10.0 Å². The van der Waals surface area contributed by atoms with Crippen molar-refractivity contribution in [1.82, 2.24) is 9.29 Å². The van der Waals surface area contributed by atoms with Crippen LogP contribution in [-0.2, 0) is 10.0 Å². The molecule has 1 heterocycles. The monoisotopic (exact) mass is 435 g/mol. The molecule has 0 unspecified atom stereocenters. The first-order chi connectivity index (χ1) is 14.8. The second kappa shape index (κ2) is 8.33. The number of carbonyl (C=O) groups excluding carboxylic acids is 1. The molecule has 31 heavy (non-hydrogen) atoms. The van der Waals surface area contributed by atoms with E-state index in [1.807, 2.05) is 48.5 Å². The first-order valence-corrected chi connectivity index (χ1v) is 11.0. The highest BCUT2D eigenvalue weighted by Gasteiger charge is 2.18. The molecule has 0 bridgehead atoms. The fourth-order valence-corrected chi connectivity index (χ4v) is 4.00. The molecule has 0 radical (unpaired) electrons. The molecule has 8 heteroatoms. The maximum Gasteiger partial charge on any atom is 0.242 e. The maximum absolute atomic E-state index is 12.6. The van der Waals surface area contributed by atoms with Crippen LogP contribution in [0, 0.1) is 0 Å². The molecule has 0 atom stereocenters. The Morgan fingerprint density at radius 2 is 1.74 bits per heavy atom. The molecule has 0 spiro atoms. The van der Waals surface area contributed by atoms with Crippen LogP contribution in [0.3, 0.4) is 0 Å². The molecule has 0 saturated heterocycles. The van der Waals surface area contributed by atoms with E-state index in [9.17, 15) is 13.2 Å². The number of fused-ring (bicyclic) bond motifs is 1. The van der Waals surface area contributed by atoms with Gasteiger partial charge in [-0.2, -0.15) is 0 Å². The molecule has 0 aliphatic rings. The third-order valence-corrected chi connectivity index (χ3v) is 6.62. The lowest BCUT2D eigenvalue weighted by Gasteiger charge is -2.12. The second-order valence-electron chi connectivity index (χ2n) is 7.16. The zero-order valence-corrected chi connectivity index (χ0v) is 17.9. The van der Waals surface area contributed by atoms with Crippen LogP contribution in [0.25, 0.3) is 22.6 Å². The maximum atomic E-state index is 12.6. The van der Waals surface area contributed by atoms with Crippen molar-refractivity contribution in [1.29, 1.82) is 0 Å². The zero-order valence-electron chi connectivity index (χ0n) is 17.1. The van der Waals surface area contributed by atoms with E-state index in [0.717, 1.165) is 26.7 Å². The van der Waals surface area contributed by atoms with Crippen LogP contribution < -0.4 is 5.32 Å². The highest BCUT2D eigenvalue weighted by molar-refractivity contribution is 7.89. The number of aromatic nitrogens is 1. The van der Waals surface area contributed by atoms with E-state index in [1.54, 1.807) is 12.1 Å². The minimum Gasteiger partial charge on any atom is -0.436 e. The normalized spacial score (nSPS) is 11.7. The molecule has 7 nitrogen and oxygen atoms in total. The van der Waals surface area contributed by atoms with Crippen LogP contribution in [0.5, 0.6) is 0 Å². The molecule has 158 valence electrons. The van der Waals surface area contributed by atoms with Gasteiger partial charge in [0.2, 0.25) is 15.9 Å². The smallest absolute Gasteiger partial charge is 0.242 e. The highest BCUT2D eigenvalue weighted by Crippen LogP contribution is 2.25. The fraction of sp³-hybridized carbons (Fsp3) is 0.130. The van der Waals surface area contributed by atoms with E-state index in [4.69, 9.17) is 4.42 Å². The van der Waals surface area contributed by atoms with Crippen molar-refractivity contribution < 1.29 is 17.6 Å². The molecule has 4 rings (SSSR count). The Morgan fingerprint density at radius 1 is 1.00 bits per heavy atom. The summed E-state index contributed by atoms with van der Waals surface area (Å²) in [5.41, 5.74) is 3.44. The van der Waals surface area contributed by atoms with Crippen molar-refractivity contribution in [3.8, 4) is 11.5 Å². The molecule has 1 aromatic heterocycles. The largest absolute Gasteiger partial charge is 0.436 e. The van der Waals surface area contributed by atoms with Crippen molar-refractivity contribution in [2.24, 2.45) is 0 Å². The second-order valence-corrected chi connectivity index (χ2v) is 9.31. The number of carbonyl (C=O) groups is 1. The molecule has 0 aliphatic carbocycles. The number of Topliss-reactive ketones (excluding diaryl/α,β-unsaturated/α-hetero) is 1. The van der Waals surface area contributed by atoms with E-state index >= 15 is 0 Å². The Bertz CT molecular complexity index is 1310. The van der Waals surface area contributed by atoms with Gasteiger partial charge in [0.15, 0.2) is 11.4 Å². The average molecular weight is 436 g/mol. The van der Waals surface area contributed by atoms with Gasteiger partial charge in [-0.05, 0) is 48.5 Å². The van der Waals surface area contributed by atoms with E-state index in [0.29, 0.717) is 11.5 Å². The molecular formula is C23H21N3O4S. The molecule has 0 aliphatic heterocycles. The number of anilines is 1. The van der Waals surface area contributed by atoms with Gasteiger partial charge >= 0.3 is 0 Å². The number of rotatable bonds is 7. The molecule has 1 N–H and O–H groups in total. The predicted octanol–water partition coefficient (Wildman–Crippen LogP) is 4.04. The molecule has 3 aromatic carbocycles. The van der Waals surface area contributed by atoms with Crippen LogP contribution in [0.2, 0.25) is 0 Å². The SMILES string of the molecule is CN(C)S(=O)(=O)c1cccc(C(=O)CNc2ccc(-c3nc4ccccc4o3)cc2)c1. The number of para-hydroxylation sites is 2. The van der Waals surface area contributed by atoms with Crippen molar-refractivity contribution in [2.45, 2.75) is 4.90 Å². The number of nitrogens with one attached hydrogen (secondary N) is 1. The van der Waals surface area contributed by atoms with Gasteiger partial charge in [0, 0.05) is 30.9 Å². The summed E-state index contributed by atoms with van der Waals surface area (Å²) < 4.78 is 31.4. The van der Waals surface area contributed by atoms with Gasteiger partial charge in [-0.15, -0.1) is 0 Å². The number of nitrogens with zero attached hydrogens (tertiary/aromatic N) is 2. The first kappa shape index (κ1) is 20.8. The van der Waals surface area contributed by atoms with Crippen LogP contribution in [-0.4, -0.2) is 44.1 Å². The molecular weight excluding hydrogens is 414 g/mol. The Balaban J connectivity index is 1.44. The lowest BCUT2D eigenvalue weighted by Crippen LogP contribution is -2.22. The van der Waals surface area contributed by atoms with Crippen LogP contribution in [0.4, 0.5) is 5.69 Å². The zero-order chi connectivity index (χ0) is 22.0. The minimum absolute atomic E-state index is 0.0354. The summed E-state index contributed by atoms with van der Waals surface area (Å²) in [5, 5.41) is 3.07. The third kappa shape index (κ3) is 4.35. The lowest BCUT2D eigenvalue weighted by atomic mass is 10.1. The Hall–Kier alpha value is -3.49. The summed E-state index contributed by atoms with van der Waals surface area (Å²) in [5.74, 6) is 0.321. The average Bonchev–Trinajstić information content (AvgIpc) is 3.22. The number of hydrogen-bond donors (Lipinski definition) is 1. The van der Waals surface area contributed by atoms with Gasteiger partial charge in [0.1, 0.15) is 5.52 Å². The summed E-state index contributed by atoms with van der Waals surface area (Å²) >= 11 is 0. The number of oxazole rings is 1. The van der Waals surface area contributed by atoms with E-state index in [1.165, 1.54) is 26.2 Å². The standard InChI is InChI=1S/C23H21N3O4S/c1-26(2)31(28,29)19-7-5-6-17(14-19)21(27)15-24-18-12-10-16(11-13-18)23-25-20-8-3-4-9-22(20)30-23/h3-14,24H,15H2,1-2H3. The Morgan fingerprint density at radius 3 is 2.45 bits per heavy atom. The predicted molar refractivity (Wildman–Crippen MR) is 120 cm³/mol. The highest BCUT2D eigenvalue weighted by atomic mass is 32.2. The van der Waals surface area contributed by atoms with Gasteiger partial charge in [-0.1, -0.05) is 24.3 Å². The molecule has 0 saturated carbocycles. The lowest BCUT2D eigenvalue weighted by molar-refractivity contribution is 0.101. The van der Waals surface area contributed by atoms with Crippen molar-refractivity contribution >= 4 is 32.6 Å². The number of hydrogen-bond acceptors (Lipinski definition) is 6. The van der Waals surface area contributed by atoms with Gasteiger partial charge < -0.3 is 9.73 Å². The number of benzene rings is 3. The quantitative estimate of drug-likeness (QED) is 0.441. The van der Waals surface area contributed by atoms with Crippen LogP contribution in [0.15, 0.2) is 82.1 Å². The summed E-state index contributed by atoms with van der Waals surface area (Å²) in [4.78, 5) is 17.1. The van der Waals surface area contributed by atoms with E-state index in [-0.39, 0.29) is 17.2 Å². The van der Waals surface area contributed by atoms with Crippen LogP contribution in [0.1, 0.15) is 10.4 Å². The number of ketones is 1. The molecule has 0 amide bonds. The van der Waals surface area contributed by atoms with Gasteiger partial charge in [-0.3, -0.25) is 4.79 Å². The fourth-order valence-electron chi connectivity index (χ4n) is 3.05. The van der Waals surface area contributed by atoms with Gasteiger partial charge in [0.05, 0.1) is 11.4 Å². The summed E-state index contributed by atoms with van der Waals surface area (Å²) in [7, 11) is -0.687. The first-order valence-electron chi connectivity index (χ1n) is 9.60. The summed E-state index contributed by atoms with van der Waals surface area (Å²) in [6.45, 7) is 0.0354. The topological polar surface area (TPSA) is 92.5 Å². The van der Waals surface area contributed by atoms with Gasteiger partial charge in [0.25, 0.3) is 0 Å². The summed E-state index contributed by atoms with van der Waals surface area (Å²) in [6.07, 6.45) is 0. The summed E-state index contributed by atoms with van der Waals surface area (Å²) in [6, 6.07) is 21.0. The third-order valence-electron chi connectivity index (χ3n) is 4.81.